The predicted octanol–water partition coefficient (Wildman–Crippen LogP) is 2.86. The van der Waals surface area contributed by atoms with E-state index in [0.717, 1.165) is 37.2 Å². The predicted molar refractivity (Wildman–Crippen MR) is 85.9 cm³/mol. The zero-order valence-electron chi connectivity index (χ0n) is 13.6. The molecule has 0 bridgehead atoms. The maximum absolute atomic E-state index is 5.16. The summed E-state index contributed by atoms with van der Waals surface area (Å²) in [5.74, 6) is 2.19. The first-order valence-electron chi connectivity index (χ1n) is 8.03. The molecule has 5 nitrogen and oxygen atoms in total. The Morgan fingerprint density at radius 2 is 2.05 bits per heavy atom. The van der Waals surface area contributed by atoms with Crippen molar-refractivity contribution in [3.05, 3.63) is 11.9 Å². The fourth-order valence-electron chi connectivity index (χ4n) is 2.98. The lowest BCUT2D eigenvalue weighted by Crippen LogP contribution is -2.34. The van der Waals surface area contributed by atoms with Gasteiger partial charge in [0.2, 0.25) is 5.88 Å². The molecule has 0 saturated heterocycles. The van der Waals surface area contributed by atoms with Crippen LogP contribution >= 0.6 is 0 Å². The van der Waals surface area contributed by atoms with Crippen molar-refractivity contribution >= 4 is 5.82 Å². The van der Waals surface area contributed by atoms with E-state index >= 15 is 0 Å². The van der Waals surface area contributed by atoms with Gasteiger partial charge in [0.15, 0.2) is 0 Å². The van der Waals surface area contributed by atoms with Crippen molar-refractivity contribution in [1.82, 2.24) is 14.9 Å². The van der Waals surface area contributed by atoms with Gasteiger partial charge in [-0.1, -0.05) is 19.3 Å². The van der Waals surface area contributed by atoms with Crippen LogP contribution in [0.2, 0.25) is 0 Å². The Hall–Kier alpha value is -1.36. The summed E-state index contributed by atoms with van der Waals surface area (Å²) >= 11 is 0. The molecule has 1 aromatic rings. The molecule has 1 aromatic heterocycles. The number of ether oxygens (including phenoxy) is 1. The zero-order valence-corrected chi connectivity index (χ0v) is 13.6. The molecule has 0 aromatic carbocycles. The Labute approximate surface area is 128 Å². The molecule has 118 valence electrons. The van der Waals surface area contributed by atoms with Crippen LogP contribution in [0.4, 0.5) is 5.82 Å². The van der Waals surface area contributed by atoms with Crippen LogP contribution in [-0.2, 0) is 0 Å². The molecule has 1 N–H and O–H groups in total. The topological polar surface area (TPSA) is 50.3 Å². The average Bonchev–Trinajstić information content (AvgIpc) is 2.51. The molecule has 21 heavy (non-hydrogen) atoms. The summed E-state index contributed by atoms with van der Waals surface area (Å²) in [6.45, 7) is 3.94. The van der Waals surface area contributed by atoms with Gasteiger partial charge in [-0.25, -0.2) is 4.98 Å². The third-order valence-electron chi connectivity index (χ3n) is 4.22. The molecule has 0 radical (unpaired) electrons. The van der Waals surface area contributed by atoms with Crippen LogP contribution in [0.5, 0.6) is 5.88 Å². The van der Waals surface area contributed by atoms with Crippen molar-refractivity contribution in [3.63, 3.8) is 0 Å². The molecule has 0 aliphatic heterocycles. The fourth-order valence-corrected chi connectivity index (χ4v) is 2.98. The largest absolute Gasteiger partial charge is 0.481 e. The second-order valence-corrected chi connectivity index (χ2v) is 5.90. The third kappa shape index (κ3) is 5.16. The normalized spacial score (nSPS) is 16.2. The molecule has 1 aliphatic rings. The lowest BCUT2D eigenvalue weighted by molar-refractivity contribution is 0.191. The monoisotopic (exact) mass is 292 g/mol. The van der Waals surface area contributed by atoms with Crippen molar-refractivity contribution in [2.45, 2.75) is 51.5 Å². The number of anilines is 1. The van der Waals surface area contributed by atoms with Gasteiger partial charge in [-0.05, 0) is 39.8 Å². The number of nitrogens with one attached hydrogen (secondary N) is 1. The number of aryl methyl sites for hydroxylation is 1. The smallest absolute Gasteiger partial charge is 0.218 e. The standard InChI is InChI=1S/C16H28N4O/c1-13-18-15(12-16(19-13)21-3)17-10-7-11-20(2)14-8-5-4-6-9-14/h12,14H,4-11H2,1-3H3,(H,17,18,19). The van der Waals surface area contributed by atoms with Gasteiger partial charge in [0, 0.05) is 18.7 Å². The molecule has 5 heteroatoms. The first kappa shape index (κ1) is 16.0. The highest BCUT2D eigenvalue weighted by Crippen LogP contribution is 2.21. The van der Waals surface area contributed by atoms with Gasteiger partial charge >= 0.3 is 0 Å². The van der Waals surface area contributed by atoms with Crippen molar-refractivity contribution in [2.24, 2.45) is 0 Å². The van der Waals surface area contributed by atoms with Gasteiger partial charge in [0.25, 0.3) is 0 Å². The molecular weight excluding hydrogens is 264 g/mol. The van der Waals surface area contributed by atoms with E-state index in [9.17, 15) is 0 Å². The Morgan fingerprint density at radius 1 is 1.29 bits per heavy atom. The van der Waals surface area contributed by atoms with Crippen LogP contribution in [-0.4, -0.2) is 48.2 Å². The molecule has 0 spiro atoms. The van der Waals surface area contributed by atoms with Crippen LogP contribution < -0.4 is 10.1 Å². The van der Waals surface area contributed by atoms with Gasteiger partial charge in [-0.3, -0.25) is 0 Å². The van der Waals surface area contributed by atoms with Gasteiger partial charge < -0.3 is 15.0 Å². The first-order chi connectivity index (χ1) is 10.2. The fraction of sp³-hybridized carbons (Fsp3) is 0.750. The van der Waals surface area contributed by atoms with E-state index in [2.05, 4.69) is 27.2 Å². The van der Waals surface area contributed by atoms with E-state index in [-0.39, 0.29) is 0 Å². The lowest BCUT2D eigenvalue weighted by atomic mass is 9.94. The van der Waals surface area contributed by atoms with Gasteiger partial charge in [0.1, 0.15) is 11.6 Å². The van der Waals surface area contributed by atoms with Crippen LogP contribution in [0.3, 0.4) is 0 Å². The Morgan fingerprint density at radius 3 is 2.76 bits per heavy atom. The van der Waals surface area contributed by atoms with Gasteiger partial charge in [-0.2, -0.15) is 4.98 Å². The van der Waals surface area contributed by atoms with Gasteiger partial charge in [-0.15, -0.1) is 0 Å². The second-order valence-electron chi connectivity index (χ2n) is 5.90. The summed E-state index contributed by atoms with van der Waals surface area (Å²) in [5.41, 5.74) is 0. The van der Waals surface area contributed by atoms with Crippen molar-refractivity contribution < 1.29 is 4.74 Å². The van der Waals surface area contributed by atoms with Crippen molar-refractivity contribution in [3.8, 4) is 5.88 Å². The van der Waals surface area contributed by atoms with E-state index < -0.39 is 0 Å². The molecule has 0 amide bonds. The van der Waals surface area contributed by atoms with Crippen molar-refractivity contribution in [2.75, 3.05) is 32.6 Å². The van der Waals surface area contributed by atoms with Gasteiger partial charge in [0.05, 0.1) is 7.11 Å². The van der Waals surface area contributed by atoms with Crippen LogP contribution in [0, 0.1) is 6.92 Å². The molecule has 0 atom stereocenters. The highest BCUT2D eigenvalue weighted by atomic mass is 16.5. The maximum Gasteiger partial charge on any atom is 0.218 e. The van der Waals surface area contributed by atoms with E-state index in [1.165, 1.54) is 32.1 Å². The molecule has 1 fully saturated rings. The van der Waals surface area contributed by atoms with E-state index in [1.54, 1.807) is 7.11 Å². The minimum atomic E-state index is 0.615. The summed E-state index contributed by atoms with van der Waals surface area (Å²) < 4.78 is 5.16. The van der Waals surface area contributed by atoms with E-state index in [0.29, 0.717) is 5.88 Å². The summed E-state index contributed by atoms with van der Waals surface area (Å²) in [4.78, 5) is 11.1. The van der Waals surface area contributed by atoms with Crippen LogP contribution in [0.15, 0.2) is 6.07 Å². The van der Waals surface area contributed by atoms with E-state index in [4.69, 9.17) is 4.74 Å². The summed E-state index contributed by atoms with van der Waals surface area (Å²) in [6, 6.07) is 2.64. The Balaban J connectivity index is 1.70. The first-order valence-corrected chi connectivity index (χ1v) is 8.03. The lowest BCUT2D eigenvalue weighted by Gasteiger charge is -2.31. The molecule has 2 rings (SSSR count). The second kappa shape index (κ2) is 8.17. The molecule has 1 aliphatic carbocycles. The molecular formula is C16H28N4O. The highest BCUT2D eigenvalue weighted by molar-refractivity contribution is 5.38. The van der Waals surface area contributed by atoms with Crippen LogP contribution in [0.25, 0.3) is 0 Å². The number of rotatable bonds is 7. The zero-order chi connectivity index (χ0) is 15.1. The Bertz CT molecular complexity index is 432. The number of nitrogens with zero attached hydrogens (tertiary/aromatic N) is 3. The molecule has 1 heterocycles. The number of methoxy groups -OCH3 is 1. The minimum Gasteiger partial charge on any atom is -0.481 e. The molecule has 1 saturated carbocycles. The minimum absolute atomic E-state index is 0.615. The Kier molecular flexibility index (Phi) is 6.23. The molecule has 0 unspecified atom stereocenters. The number of hydrogen-bond donors (Lipinski definition) is 1. The number of hydrogen-bond acceptors (Lipinski definition) is 5. The average molecular weight is 292 g/mol. The summed E-state index contributed by atoms with van der Waals surface area (Å²) in [6.07, 6.45) is 8.07. The quantitative estimate of drug-likeness (QED) is 0.783. The SMILES string of the molecule is COc1cc(NCCCN(C)C2CCCCC2)nc(C)n1. The third-order valence-corrected chi connectivity index (χ3v) is 4.22. The highest BCUT2D eigenvalue weighted by Gasteiger charge is 2.17. The maximum atomic E-state index is 5.16. The van der Waals surface area contributed by atoms with E-state index in [1.807, 2.05) is 13.0 Å². The van der Waals surface area contributed by atoms with Crippen molar-refractivity contribution in [1.29, 1.82) is 0 Å². The van der Waals surface area contributed by atoms with Crippen LogP contribution in [0.1, 0.15) is 44.3 Å². The summed E-state index contributed by atoms with van der Waals surface area (Å²) in [7, 11) is 3.89. The number of aromatic nitrogens is 2. The summed E-state index contributed by atoms with van der Waals surface area (Å²) in [5, 5.41) is 3.36.